The van der Waals surface area contributed by atoms with Crippen LogP contribution in [0, 0.1) is 11.8 Å². The maximum atomic E-state index is 13.2. The Kier molecular flexibility index (Phi) is 5.25. The zero-order chi connectivity index (χ0) is 21.6. The molecular formula is C20H28N6O4. The van der Waals surface area contributed by atoms with E-state index in [0.717, 1.165) is 12.1 Å². The molecule has 2 aromatic heterocycles. The number of fused-ring (bicyclic) bond motifs is 2. The lowest BCUT2D eigenvalue weighted by molar-refractivity contribution is -0.137. The first kappa shape index (κ1) is 20.4. The van der Waals surface area contributed by atoms with Gasteiger partial charge in [-0.1, -0.05) is 13.8 Å². The quantitative estimate of drug-likeness (QED) is 0.766. The van der Waals surface area contributed by atoms with E-state index in [2.05, 4.69) is 24.0 Å². The molecule has 30 heavy (non-hydrogen) atoms. The van der Waals surface area contributed by atoms with E-state index in [4.69, 9.17) is 0 Å². The molecule has 162 valence electrons. The summed E-state index contributed by atoms with van der Waals surface area (Å²) in [6, 6.07) is 0. The summed E-state index contributed by atoms with van der Waals surface area (Å²) in [4.78, 5) is 38.9. The SMILES string of the molecule is CC(C)CCn1nc(C(=O)O)c2c1CCN(C(=O)[C@H]1CCc3nn(C)c(=O)n3C1)C2. The molecule has 0 spiro atoms. The van der Waals surface area contributed by atoms with Gasteiger partial charge in [-0.2, -0.15) is 10.2 Å². The second-order valence-corrected chi connectivity index (χ2v) is 8.66. The van der Waals surface area contributed by atoms with Crippen molar-refractivity contribution in [3.63, 3.8) is 0 Å². The van der Waals surface area contributed by atoms with Crippen molar-refractivity contribution in [2.24, 2.45) is 18.9 Å². The summed E-state index contributed by atoms with van der Waals surface area (Å²) in [5.41, 5.74) is 1.40. The highest BCUT2D eigenvalue weighted by Crippen LogP contribution is 2.27. The molecule has 1 N–H and O–H groups in total. The molecule has 10 nitrogen and oxygen atoms in total. The van der Waals surface area contributed by atoms with Crippen LogP contribution >= 0.6 is 0 Å². The molecule has 0 aromatic carbocycles. The topological polar surface area (TPSA) is 115 Å². The van der Waals surface area contributed by atoms with Crippen molar-refractivity contribution in [3.8, 4) is 0 Å². The summed E-state index contributed by atoms with van der Waals surface area (Å²) in [6.07, 6.45) is 2.72. The van der Waals surface area contributed by atoms with Gasteiger partial charge in [-0.25, -0.2) is 14.3 Å². The Morgan fingerprint density at radius 2 is 2.00 bits per heavy atom. The van der Waals surface area contributed by atoms with Crippen molar-refractivity contribution in [3.05, 3.63) is 33.3 Å². The van der Waals surface area contributed by atoms with Crippen molar-refractivity contribution < 1.29 is 14.7 Å². The molecule has 0 bridgehead atoms. The Labute approximate surface area is 174 Å². The Morgan fingerprint density at radius 3 is 2.70 bits per heavy atom. The minimum Gasteiger partial charge on any atom is -0.476 e. The Balaban J connectivity index is 1.54. The smallest absolute Gasteiger partial charge is 0.356 e. The standard InChI is InChI=1S/C20H28N6O4/c1-12(2)6-9-26-15-7-8-24(11-14(15)17(22-26)19(28)29)18(27)13-4-5-16-21-23(3)20(30)25(16)10-13/h12-13H,4-11H2,1-3H3,(H,28,29)/t13-/m0/s1. The number of carbonyl (C=O) groups is 2. The van der Waals surface area contributed by atoms with Gasteiger partial charge in [0.1, 0.15) is 5.82 Å². The molecule has 0 saturated heterocycles. The van der Waals surface area contributed by atoms with Gasteiger partial charge in [0, 0.05) is 57.3 Å². The summed E-state index contributed by atoms with van der Waals surface area (Å²) in [7, 11) is 1.61. The number of hydrogen-bond acceptors (Lipinski definition) is 5. The van der Waals surface area contributed by atoms with E-state index < -0.39 is 5.97 Å². The van der Waals surface area contributed by atoms with Crippen LogP contribution in [0.2, 0.25) is 0 Å². The lowest BCUT2D eigenvalue weighted by atomic mass is 9.96. The molecule has 0 unspecified atom stereocenters. The summed E-state index contributed by atoms with van der Waals surface area (Å²) >= 11 is 0. The van der Waals surface area contributed by atoms with E-state index in [1.54, 1.807) is 16.5 Å². The van der Waals surface area contributed by atoms with Gasteiger partial charge in [-0.05, 0) is 18.8 Å². The lowest BCUT2D eigenvalue weighted by Gasteiger charge is -2.32. The van der Waals surface area contributed by atoms with Crippen LogP contribution in [-0.4, -0.2) is 52.6 Å². The van der Waals surface area contributed by atoms with Gasteiger partial charge in [0.05, 0.1) is 5.92 Å². The summed E-state index contributed by atoms with van der Waals surface area (Å²) in [6.45, 7) is 6.03. The molecule has 0 fully saturated rings. The Bertz CT molecular complexity index is 1050. The zero-order valence-corrected chi connectivity index (χ0v) is 17.7. The van der Waals surface area contributed by atoms with Gasteiger partial charge >= 0.3 is 11.7 Å². The van der Waals surface area contributed by atoms with Crippen LogP contribution in [0.1, 0.15) is 54.3 Å². The number of aryl methyl sites for hydroxylation is 3. The van der Waals surface area contributed by atoms with E-state index in [9.17, 15) is 19.5 Å². The van der Waals surface area contributed by atoms with Gasteiger partial charge in [-0.15, -0.1) is 0 Å². The fourth-order valence-corrected chi connectivity index (χ4v) is 4.41. The fraction of sp³-hybridized carbons (Fsp3) is 0.650. The van der Waals surface area contributed by atoms with Crippen LogP contribution < -0.4 is 5.69 Å². The summed E-state index contributed by atoms with van der Waals surface area (Å²) in [5, 5.41) is 18.2. The van der Waals surface area contributed by atoms with Crippen molar-refractivity contribution in [1.82, 2.24) is 29.0 Å². The summed E-state index contributed by atoms with van der Waals surface area (Å²) < 4.78 is 4.69. The first-order chi connectivity index (χ1) is 14.3. The van der Waals surface area contributed by atoms with Crippen LogP contribution in [0.25, 0.3) is 0 Å². The Morgan fingerprint density at radius 1 is 1.23 bits per heavy atom. The number of nitrogens with zero attached hydrogens (tertiary/aromatic N) is 6. The van der Waals surface area contributed by atoms with Crippen LogP contribution in [0.15, 0.2) is 4.79 Å². The molecule has 1 atom stereocenters. The molecule has 2 aliphatic heterocycles. The van der Waals surface area contributed by atoms with Gasteiger partial charge < -0.3 is 10.0 Å². The van der Waals surface area contributed by atoms with Crippen LogP contribution in [0.5, 0.6) is 0 Å². The second kappa shape index (κ2) is 7.73. The van der Waals surface area contributed by atoms with Gasteiger partial charge in [0.25, 0.3) is 0 Å². The third-order valence-corrected chi connectivity index (χ3v) is 6.12. The maximum Gasteiger partial charge on any atom is 0.356 e. The number of hydrogen-bond donors (Lipinski definition) is 1. The number of aromatic carboxylic acids is 1. The summed E-state index contributed by atoms with van der Waals surface area (Å²) in [5.74, 6) is -0.189. The molecule has 0 saturated carbocycles. The van der Waals surface area contributed by atoms with Crippen LogP contribution in [-0.2, 0) is 44.3 Å². The maximum absolute atomic E-state index is 13.2. The average molecular weight is 416 g/mol. The molecule has 4 rings (SSSR count). The van der Waals surface area contributed by atoms with E-state index in [1.165, 1.54) is 4.68 Å². The highest BCUT2D eigenvalue weighted by molar-refractivity contribution is 5.88. The molecule has 2 aliphatic rings. The number of aromatic nitrogens is 5. The molecule has 1 amide bonds. The number of carbonyl (C=O) groups excluding carboxylic acids is 1. The monoisotopic (exact) mass is 416 g/mol. The van der Waals surface area contributed by atoms with Gasteiger partial charge in [-0.3, -0.25) is 14.0 Å². The highest BCUT2D eigenvalue weighted by Gasteiger charge is 2.35. The second-order valence-electron chi connectivity index (χ2n) is 8.66. The fourth-order valence-electron chi connectivity index (χ4n) is 4.41. The highest BCUT2D eigenvalue weighted by atomic mass is 16.4. The molecule has 10 heteroatoms. The largest absolute Gasteiger partial charge is 0.476 e. The average Bonchev–Trinajstić information content (AvgIpc) is 3.22. The molecule has 2 aromatic rings. The van der Waals surface area contributed by atoms with Crippen molar-refractivity contribution in [1.29, 1.82) is 0 Å². The number of rotatable bonds is 5. The van der Waals surface area contributed by atoms with E-state index in [0.29, 0.717) is 56.2 Å². The number of carboxylic acid groups (broad SMARTS) is 1. The van der Waals surface area contributed by atoms with Crippen molar-refractivity contribution in [2.75, 3.05) is 6.54 Å². The minimum atomic E-state index is -1.06. The van der Waals surface area contributed by atoms with Crippen LogP contribution in [0.3, 0.4) is 0 Å². The lowest BCUT2D eigenvalue weighted by Crippen LogP contribution is -2.44. The van der Waals surface area contributed by atoms with Crippen molar-refractivity contribution in [2.45, 2.75) is 59.2 Å². The van der Waals surface area contributed by atoms with Crippen molar-refractivity contribution >= 4 is 11.9 Å². The first-order valence-electron chi connectivity index (χ1n) is 10.5. The first-order valence-corrected chi connectivity index (χ1v) is 10.5. The zero-order valence-electron chi connectivity index (χ0n) is 17.7. The normalized spacial score (nSPS) is 18.4. The predicted octanol–water partition coefficient (Wildman–Crippen LogP) is 0.670. The van der Waals surface area contributed by atoms with Gasteiger partial charge in [0.15, 0.2) is 5.69 Å². The van der Waals surface area contributed by atoms with Gasteiger partial charge in [0.2, 0.25) is 5.91 Å². The van der Waals surface area contributed by atoms with E-state index in [-0.39, 0.29) is 29.8 Å². The third-order valence-electron chi connectivity index (χ3n) is 6.12. The minimum absolute atomic E-state index is 0.0340. The molecular weight excluding hydrogens is 388 g/mol. The predicted molar refractivity (Wildman–Crippen MR) is 107 cm³/mol. The third kappa shape index (κ3) is 3.54. The number of amides is 1. The Hall–Kier alpha value is -2.91. The number of carboxylic acids is 1. The van der Waals surface area contributed by atoms with Crippen LogP contribution in [0.4, 0.5) is 0 Å². The molecule has 0 radical (unpaired) electrons. The molecule has 0 aliphatic carbocycles. The van der Waals surface area contributed by atoms with E-state index in [1.807, 2.05) is 4.68 Å². The molecule has 4 heterocycles. The van der Waals surface area contributed by atoms with E-state index >= 15 is 0 Å².